The predicted molar refractivity (Wildman–Crippen MR) is 87.4 cm³/mol. The first-order valence-corrected chi connectivity index (χ1v) is 7.33. The molecule has 0 unspecified atom stereocenters. The van der Waals surface area contributed by atoms with Crippen LogP contribution < -0.4 is 10.1 Å². The number of rotatable bonds is 6. The minimum atomic E-state index is -0.959. The van der Waals surface area contributed by atoms with Gasteiger partial charge in [0.1, 0.15) is 5.75 Å². The second-order valence-electron chi connectivity index (χ2n) is 4.85. The Bertz CT molecular complexity index is 713. The summed E-state index contributed by atoms with van der Waals surface area (Å²) >= 11 is 5.87. The van der Waals surface area contributed by atoms with Crippen LogP contribution in [0.2, 0.25) is 5.02 Å². The van der Waals surface area contributed by atoms with E-state index in [-0.39, 0.29) is 11.5 Å². The summed E-state index contributed by atoms with van der Waals surface area (Å²) in [6.45, 7) is 0.428. The van der Waals surface area contributed by atoms with Crippen molar-refractivity contribution in [3.63, 3.8) is 0 Å². The van der Waals surface area contributed by atoms with Crippen molar-refractivity contribution in [1.29, 1.82) is 0 Å². The van der Waals surface area contributed by atoms with Gasteiger partial charge in [0.25, 0.3) is 5.91 Å². The summed E-state index contributed by atoms with van der Waals surface area (Å²) in [5.41, 5.74) is 1.60. The quantitative estimate of drug-likeness (QED) is 0.852. The van der Waals surface area contributed by atoms with Crippen LogP contribution in [0.25, 0.3) is 0 Å². The van der Waals surface area contributed by atoms with E-state index in [0.29, 0.717) is 29.3 Å². The van der Waals surface area contributed by atoms with Gasteiger partial charge in [-0.25, -0.2) is 4.79 Å². The molecule has 0 aliphatic rings. The van der Waals surface area contributed by atoms with Gasteiger partial charge in [-0.2, -0.15) is 0 Å². The summed E-state index contributed by atoms with van der Waals surface area (Å²) in [6.07, 6.45) is 0.599. The first kappa shape index (κ1) is 16.8. The average molecular weight is 334 g/mol. The van der Waals surface area contributed by atoms with E-state index in [9.17, 15) is 9.59 Å². The highest BCUT2D eigenvalue weighted by Crippen LogP contribution is 2.22. The van der Waals surface area contributed by atoms with E-state index in [1.807, 2.05) is 0 Å². The zero-order valence-electron chi connectivity index (χ0n) is 12.5. The first-order chi connectivity index (χ1) is 11.0. The van der Waals surface area contributed by atoms with Crippen LogP contribution in [-0.4, -0.2) is 30.6 Å². The van der Waals surface area contributed by atoms with Crippen LogP contribution >= 0.6 is 11.6 Å². The van der Waals surface area contributed by atoms with Crippen LogP contribution in [0.1, 0.15) is 26.3 Å². The summed E-state index contributed by atoms with van der Waals surface area (Å²) in [4.78, 5) is 22.9. The van der Waals surface area contributed by atoms with Gasteiger partial charge in [-0.15, -0.1) is 0 Å². The predicted octanol–water partition coefficient (Wildman–Crippen LogP) is 3.02. The molecule has 0 fully saturated rings. The van der Waals surface area contributed by atoms with Crippen molar-refractivity contribution in [2.45, 2.75) is 6.42 Å². The maximum atomic E-state index is 12.2. The molecule has 2 N–H and O–H groups in total. The van der Waals surface area contributed by atoms with Crippen LogP contribution in [0, 0.1) is 0 Å². The number of methoxy groups -OCH3 is 1. The normalized spacial score (nSPS) is 10.2. The maximum Gasteiger partial charge on any atom is 0.335 e. The van der Waals surface area contributed by atoms with Crippen LogP contribution in [0.15, 0.2) is 42.5 Å². The number of nitrogens with one attached hydrogen (secondary N) is 1. The Hall–Kier alpha value is -2.53. The average Bonchev–Trinajstić information content (AvgIpc) is 2.55. The number of hydrogen-bond donors (Lipinski definition) is 2. The van der Waals surface area contributed by atoms with Crippen LogP contribution in [0.5, 0.6) is 5.75 Å². The molecule has 23 heavy (non-hydrogen) atoms. The van der Waals surface area contributed by atoms with Crippen LogP contribution in [0.3, 0.4) is 0 Å². The Balaban J connectivity index is 1.93. The largest absolute Gasteiger partial charge is 0.496 e. The lowest BCUT2D eigenvalue weighted by Crippen LogP contribution is -2.26. The molecule has 0 aromatic heterocycles. The van der Waals surface area contributed by atoms with E-state index in [1.165, 1.54) is 7.11 Å². The second-order valence-corrected chi connectivity index (χ2v) is 5.29. The Morgan fingerprint density at radius 3 is 2.48 bits per heavy atom. The Labute approximate surface area is 138 Å². The minimum Gasteiger partial charge on any atom is -0.496 e. The molecule has 1 amide bonds. The molecule has 0 radical (unpaired) electrons. The Morgan fingerprint density at radius 1 is 1.17 bits per heavy atom. The summed E-state index contributed by atoms with van der Waals surface area (Å²) in [5, 5.41) is 12.1. The molecule has 2 aromatic carbocycles. The SMILES string of the molecule is COc1cc(Cl)ccc1C(=O)NCCc1ccc(C(=O)O)cc1. The van der Waals surface area contributed by atoms with Gasteiger partial charge in [-0.05, 0) is 42.3 Å². The van der Waals surface area contributed by atoms with Crippen molar-refractivity contribution in [2.75, 3.05) is 13.7 Å². The number of carboxylic acids is 1. The fourth-order valence-corrected chi connectivity index (χ4v) is 2.24. The van der Waals surface area contributed by atoms with Gasteiger partial charge in [-0.1, -0.05) is 23.7 Å². The second kappa shape index (κ2) is 7.65. The highest BCUT2D eigenvalue weighted by molar-refractivity contribution is 6.30. The van der Waals surface area contributed by atoms with Crippen molar-refractivity contribution in [2.24, 2.45) is 0 Å². The van der Waals surface area contributed by atoms with Crippen molar-refractivity contribution in [1.82, 2.24) is 5.32 Å². The van der Waals surface area contributed by atoms with Gasteiger partial charge >= 0.3 is 5.97 Å². The monoisotopic (exact) mass is 333 g/mol. The lowest BCUT2D eigenvalue weighted by molar-refractivity contribution is 0.0696. The number of carbonyl (C=O) groups is 2. The van der Waals surface area contributed by atoms with Crippen LogP contribution in [-0.2, 0) is 6.42 Å². The fraction of sp³-hybridized carbons (Fsp3) is 0.176. The van der Waals surface area contributed by atoms with E-state index < -0.39 is 5.97 Å². The molecular weight excluding hydrogens is 318 g/mol. The molecule has 0 heterocycles. The number of carboxylic acid groups (broad SMARTS) is 1. The summed E-state index contributed by atoms with van der Waals surface area (Å²) < 4.78 is 5.15. The van der Waals surface area contributed by atoms with E-state index in [2.05, 4.69) is 5.32 Å². The third-order valence-electron chi connectivity index (χ3n) is 3.31. The maximum absolute atomic E-state index is 12.2. The smallest absolute Gasteiger partial charge is 0.335 e. The molecule has 0 saturated heterocycles. The topological polar surface area (TPSA) is 75.6 Å². The van der Waals surface area contributed by atoms with E-state index >= 15 is 0 Å². The number of carbonyl (C=O) groups excluding carboxylic acids is 1. The summed E-state index contributed by atoms with van der Waals surface area (Å²) in [6, 6.07) is 11.4. The number of hydrogen-bond acceptors (Lipinski definition) is 3. The Morgan fingerprint density at radius 2 is 1.87 bits per heavy atom. The molecule has 0 aliphatic heterocycles. The number of aromatic carboxylic acids is 1. The first-order valence-electron chi connectivity index (χ1n) is 6.95. The molecule has 2 aromatic rings. The number of benzene rings is 2. The van der Waals surface area contributed by atoms with Gasteiger partial charge in [0.15, 0.2) is 0 Å². The summed E-state index contributed by atoms with van der Waals surface area (Å²) in [5.74, 6) is -0.791. The van der Waals surface area contributed by atoms with Gasteiger partial charge < -0.3 is 15.2 Å². The third-order valence-corrected chi connectivity index (χ3v) is 3.54. The molecule has 0 atom stereocenters. The molecule has 0 saturated carbocycles. The zero-order chi connectivity index (χ0) is 16.8. The van der Waals surface area contributed by atoms with E-state index in [1.54, 1.807) is 42.5 Å². The van der Waals surface area contributed by atoms with Gasteiger partial charge in [0.05, 0.1) is 18.2 Å². The number of halogens is 1. The van der Waals surface area contributed by atoms with Crippen molar-refractivity contribution < 1.29 is 19.4 Å². The zero-order valence-corrected chi connectivity index (χ0v) is 13.3. The third kappa shape index (κ3) is 4.47. The number of amides is 1. The molecule has 2 rings (SSSR count). The molecule has 6 heteroatoms. The fourth-order valence-electron chi connectivity index (χ4n) is 2.08. The molecule has 5 nitrogen and oxygen atoms in total. The molecule has 0 bridgehead atoms. The van der Waals surface area contributed by atoms with Crippen LogP contribution in [0.4, 0.5) is 0 Å². The van der Waals surface area contributed by atoms with Gasteiger partial charge in [-0.3, -0.25) is 4.79 Å². The standard InChI is InChI=1S/C17H16ClNO4/c1-23-15-10-13(18)6-7-14(15)16(20)19-9-8-11-2-4-12(5-3-11)17(21)22/h2-7,10H,8-9H2,1H3,(H,19,20)(H,21,22). The number of ether oxygens (including phenoxy) is 1. The van der Waals surface area contributed by atoms with Crippen molar-refractivity contribution in [3.05, 3.63) is 64.2 Å². The van der Waals surface area contributed by atoms with Crippen molar-refractivity contribution >= 4 is 23.5 Å². The van der Waals surface area contributed by atoms with Crippen molar-refractivity contribution in [3.8, 4) is 5.75 Å². The van der Waals surface area contributed by atoms with E-state index in [0.717, 1.165) is 5.56 Å². The van der Waals surface area contributed by atoms with Gasteiger partial charge in [0.2, 0.25) is 0 Å². The summed E-state index contributed by atoms with van der Waals surface area (Å²) in [7, 11) is 1.48. The molecule has 0 spiro atoms. The Kier molecular flexibility index (Phi) is 5.60. The lowest BCUT2D eigenvalue weighted by atomic mass is 10.1. The van der Waals surface area contributed by atoms with Gasteiger partial charge in [0, 0.05) is 11.6 Å². The molecule has 120 valence electrons. The van der Waals surface area contributed by atoms with E-state index in [4.69, 9.17) is 21.4 Å². The minimum absolute atomic E-state index is 0.240. The molecule has 0 aliphatic carbocycles. The molecular formula is C17H16ClNO4. The highest BCUT2D eigenvalue weighted by Gasteiger charge is 2.12. The lowest BCUT2D eigenvalue weighted by Gasteiger charge is -2.10. The highest BCUT2D eigenvalue weighted by atomic mass is 35.5.